The van der Waals surface area contributed by atoms with Crippen LogP contribution in [0.3, 0.4) is 0 Å². The lowest BCUT2D eigenvalue weighted by atomic mass is 9.95. The number of H-pyrrole nitrogens is 1. The van der Waals surface area contributed by atoms with E-state index in [-0.39, 0.29) is 0 Å². The fourth-order valence-electron chi connectivity index (χ4n) is 4.57. The standard InChI is InChI=1S/C25H27ClN2O2S/c1-16-11-21-22(27-16)3-2-4-23(21)30-15-20(29)14-28-9-7-17(8-10-28)25-13-18-12-19(26)5-6-24(18)31-25/h2-6,11-13,17,20,27,29H,7-10,14-15H2,1H3/t20-/m0/s1. The maximum absolute atomic E-state index is 10.6. The number of aliphatic hydroxyl groups excluding tert-OH is 1. The highest BCUT2D eigenvalue weighted by atomic mass is 35.5. The van der Waals surface area contributed by atoms with Crippen molar-refractivity contribution in [2.45, 2.75) is 31.8 Å². The summed E-state index contributed by atoms with van der Waals surface area (Å²) in [6.45, 7) is 5.00. The van der Waals surface area contributed by atoms with Crippen LogP contribution in [0.25, 0.3) is 21.0 Å². The van der Waals surface area contributed by atoms with E-state index in [1.54, 1.807) is 0 Å². The molecule has 6 heteroatoms. The number of β-amino-alcohol motifs (C(OH)–C–C–N with tert-alkyl or cyclic N) is 1. The molecule has 4 aromatic rings. The molecule has 4 nitrogen and oxygen atoms in total. The van der Waals surface area contributed by atoms with Crippen LogP contribution in [0.5, 0.6) is 5.75 Å². The minimum Gasteiger partial charge on any atom is -0.490 e. The van der Waals surface area contributed by atoms with Crippen molar-refractivity contribution in [3.63, 3.8) is 0 Å². The van der Waals surface area contributed by atoms with Crippen LogP contribution in [0.15, 0.2) is 48.5 Å². The molecule has 2 aromatic heterocycles. The van der Waals surface area contributed by atoms with Gasteiger partial charge in [0, 0.05) is 37.7 Å². The van der Waals surface area contributed by atoms with Gasteiger partial charge in [0.05, 0.1) is 0 Å². The van der Waals surface area contributed by atoms with E-state index in [0.717, 1.165) is 53.3 Å². The van der Waals surface area contributed by atoms with E-state index in [2.05, 4.69) is 34.1 Å². The molecule has 1 aliphatic rings. The third kappa shape index (κ3) is 4.60. The summed E-state index contributed by atoms with van der Waals surface area (Å²) in [7, 11) is 0. The summed E-state index contributed by atoms with van der Waals surface area (Å²) >= 11 is 8.03. The predicted octanol–water partition coefficient (Wildman–Crippen LogP) is 5.96. The summed E-state index contributed by atoms with van der Waals surface area (Å²) in [6, 6.07) is 16.5. The van der Waals surface area contributed by atoms with Gasteiger partial charge in [-0.05, 0) is 86.6 Å². The molecular weight excluding hydrogens is 428 g/mol. The average Bonchev–Trinajstić information content (AvgIpc) is 3.35. The largest absolute Gasteiger partial charge is 0.490 e. The topological polar surface area (TPSA) is 48.5 Å². The number of nitrogens with zero attached hydrogens (tertiary/aromatic N) is 1. The highest BCUT2D eigenvalue weighted by molar-refractivity contribution is 7.19. The smallest absolute Gasteiger partial charge is 0.128 e. The van der Waals surface area contributed by atoms with Gasteiger partial charge in [-0.15, -0.1) is 11.3 Å². The Hall–Kier alpha value is -2.05. The molecule has 0 radical (unpaired) electrons. The zero-order chi connectivity index (χ0) is 21.4. The van der Waals surface area contributed by atoms with Crippen molar-refractivity contribution in [3.05, 3.63) is 64.1 Å². The Balaban J connectivity index is 1.14. The van der Waals surface area contributed by atoms with Crippen molar-refractivity contribution in [3.8, 4) is 5.75 Å². The molecule has 2 aromatic carbocycles. The summed E-state index contributed by atoms with van der Waals surface area (Å²) in [4.78, 5) is 7.14. The third-order valence-electron chi connectivity index (χ3n) is 6.15. The molecule has 0 saturated carbocycles. The fraction of sp³-hybridized carbons (Fsp3) is 0.360. The molecule has 0 spiro atoms. The number of fused-ring (bicyclic) bond motifs is 2. The number of ether oxygens (including phenoxy) is 1. The monoisotopic (exact) mass is 454 g/mol. The Morgan fingerprint density at radius 2 is 2.03 bits per heavy atom. The van der Waals surface area contributed by atoms with Gasteiger partial charge < -0.3 is 19.7 Å². The lowest BCUT2D eigenvalue weighted by molar-refractivity contribution is 0.0600. The predicted molar refractivity (Wildman–Crippen MR) is 130 cm³/mol. The fourth-order valence-corrected chi connectivity index (χ4v) is 5.96. The molecule has 5 rings (SSSR count). The van der Waals surface area contributed by atoms with Crippen molar-refractivity contribution in [1.82, 2.24) is 9.88 Å². The molecule has 0 bridgehead atoms. The molecule has 31 heavy (non-hydrogen) atoms. The van der Waals surface area contributed by atoms with Crippen molar-refractivity contribution >= 4 is 43.9 Å². The number of aromatic nitrogens is 1. The second-order valence-electron chi connectivity index (χ2n) is 8.54. The molecular formula is C25H27ClN2O2S. The van der Waals surface area contributed by atoms with Crippen molar-refractivity contribution < 1.29 is 9.84 Å². The lowest BCUT2D eigenvalue weighted by Gasteiger charge is -2.32. The molecule has 0 aliphatic carbocycles. The van der Waals surface area contributed by atoms with Gasteiger partial charge >= 0.3 is 0 Å². The molecule has 1 fully saturated rings. The zero-order valence-electron chi connectivity index (χ0n) is 17.6. The van der Waals surface area contributed by atoms with Crippen LogP contribution in [0.4, 0.5) is 0 Å². The van der Waals surface area contributed by atoms with Gasteiger partial charge in [-0.25, -0.2) is 0 Å². The molecule has 0 unspecified atom stereocenters. The SMILES string of the molecule is Cc1cc2c(OC[C@@H](O)CN3CCC(c4cc5cc(Cl)ccc5s4)CC3)cccc2[nH]1. The second-order valence-corrected chi connectivity index (χ2v) is 10.1. The summed E-state index contributed by atoms with van der Waals surface area (Å²) < 4.78 is 7.27. The number of benzene rings is 2. The van der Waals surface area contributed by atoms with Gasteiger partial charge in [0.15, 0.2) is 0 Å². The summed E-state index contributed by atoms with van der Waals surface area (Å²) in [5, 5.41) is 13.7. The molecule has 1 aliphatic heterocycles. The van der Waals surface area contributed by atoms with Crippen LogP contribution in [0.1, 0.15) is 29.3 Å². The number of thiophene rings is 1. The van der Waals surface area contributed by atoms with Gasteiger partial charge in [-0.2, -0.15) is 0 Å². The molecule has 3 heterocycles. The van der Waals surface area contributed by atoms with Gasteiger partial charge in [-0.1, -0.05) is 17.7 Å². The highest BCUT2D eigenvalue weighted by Crippen LogP contribution is 2.37. The van der Waals surface area contributed by atoms with Crippen LogP contribution in [-0.4, -0.2) is 47.3 Å². The van der Waals surface area contributed by atoms with E-state index in [0.29, 0.717) is 19.1 Å². The normalized spacial score (nSPS) is 16.9. The number of piperidine rings is 1. The number of aromatic amines is 1. The second kappa shape index (κ2) is 8.83. The first kappa shape index (κ1) is 20.8. The van der Waals surface area contributed by atoms with E-state index in [1.807, 2.05) is 42.5 Å². The number of hydrogen-bond acceptors (Lipinski definition) is 4. The van der Waals surface area contributed by atoms with Crippen LogP contribution in [-0.2, 0) is 0 Å². The van der Waals surface area contributed by atoms with Crippen molar-refractivity contribution in [1.29, 1.82) is 0 Å². The maximum Gasteiger partial charge on any atom is 0.128 e. The molecule has 162 valence electrons. The molecule has 2 N–H and O–H groups in total. The van der Waals surface area contributed by atoms with Crippen molar-refractivity contribution in [2.24, 2.45) is 0 Å². The molecule has 1 saturated heterocycles. The Bertz CT molecular complexity index is 1190. The highest BCUT2D eigenvalue weighted by Gasteiger charge is 2.24. The number of nitrogens with one attached hydrogen (secondary N) is 1. The first-order valence-electron chi connectivity index (χ1n) is 10.9. The van der Waals surface area contributed by atoms with Gasteiger partial charge in [-0.3, -0.25) is 0 Å². The van der Waals surface area contributed by atoms with Gasteiger partial charge in [0.1, 0.15) is 18.5 Å². The Morgan fingerprint density at radius 1 is 1.19 bits per heavy atom. The lowest BCUT2D eigenvalue weighted by Crippen LogP contribution is -2.40. The number of aliphatic hydroxyl groups is 1. The van der Waals surface area contributed by atoms with E-state index in [4.69, 9.17) is 16.3 Å². The van der Waals surface area contributed by atoms with E-state index >= 15 is 0 Å². The quantitative estimate of drug-likeness (QED) is 0.377. The van der Waals surface area contributed by atoms with Crippen LogP contribution < -0.4 is 4.74 Å². The first-order chi connectivity index (χ1) is 15.0. The molecule has 0 amide bonds. The Morgan fingerprint density at radius 3 is 2.87 bits per heavy atom. The Labute approximate surface area is 191 Å². The van der Waals surface area contributed by atoms with Crippen molar-refractivity contribution in [2.75, 3.05) is 26.2 Å². The molecule has 1 atom stereocenters. The van der Waals surface area contributed by atoms with E-state index < -0.39 is 6.10 Å². The number of hydrogen-bond donors (Lipinski definition) is 2. The zero-order valence-corrected chi connectivity index (χ0v) is 19.2. The summed E-state index contributed by atoms with van der Waals surface area (Å²) in [5.74, 6) is 1.42. The van der Waals surface area contributed by atoms with E-state index in [1.165, 1.54) is 15.0 Å². The van der Waals surface area contributed by atoms with Crippen LogP contribution >= 0.6 is 22.9 Å². The summed E-state index contributed by atoms with van der Waals surface area (Å²) in [6.07, 6.45) is 1.74. The third-order valence-corrected chi connectivity index (χ3v) is 7.66. The minimum absolute atomic E-state index is 0.306. The number of likely N-dealkylation sites (tertiary alicyclic amines) is 1. The average molecular weight is 455 g/mol. The number of halogens is 1. The van der Waals surface area contributed by atoms with Gasteiger partial charge in [0.25, 0.3) is 0 Å². The number of rotatable bonds is 6. The van der Waals surface area contributed by atoms with E-state index in [9.17, 15) is 5.11 Å². The van der Waals surface area contributed by atoms with Crippen LogP contribution in [0.2, 0.25) is 5.02 Å². The van der Waals surface area contributed by atoms with Crippen LogP contribution in [0, 0.1) is 6.92 Å². The first-order valence-corrected chi connectivity index (χ1v) is 12.0. The Kier molecular flexibility index (Phi) is 5.93. The minimum atomic E-state index is -0.502. The number of aryl methyl sites for hydroxylation is 1. The maximum atomic E-state index is 10.6. The van der Waals surface area contributed by atoms with Gasteiger partial charge in [0.2, 0.25) is 0 Å². The summed E-state index contributed by atoms with van der Waals surface area (Å²) in [5.41, 5.74) is 2.17.